The fraction of sp³-hybridized carbons (Fsp3) is 0.222. The van der Waals surface area contributed by atoms with Crippen LogP contribution in [0.5, 0.6) is 5.75 Å². The van der Waals surface area contributed by atoms with E-state index in [1.165, 1.54) is 11.3 Å². The number of nitrogens with zero attached hydrogens (tertiary/aromatic N) is 5. The van der Waals surface area contributed by atoms with Gasteiger partial charge in [-0.2, -0.15) is 0 Å². The summed E-state index contributed by atoms with van der Waals surface area (Å²) in [7, 11) is 0. The zero-order valence-corrected chi connectivity index (χ0v) is 15.3. The number of benzene rings is 1. The van der Waals surface area contributed by atoms with Crippen LogP contribution in [0.3, 0.4) is 0 Å². The van der Waals surface area contributed by atoms with Crippen LogP contribution in [0.25, 0.3) is 0 Å². The minimum atomic E-state index is -0.0924. The van der Waals surface area contributed by atoms with E-state index in [4.69, 9.17) is 0 Å². The van der Waals surface area contributed by atoms with Crippen molar-refractivity contribution in [2.45, 2.75) is 0 Å². The van der Waals surface area contributed by atoms with E-state index in [0.717, 1.165) is 5.69 Å². The Labute approximate surface area is 160 Å². The average molecular weight is 382 g/mol. The lowest BCUT2D eigenvalue weighted by Gasteiger charge is -2.36. The van der Waals surface area contributed by atoms with Gasteiger partial charge >= 0.3 is 0 Å². The molecule has 1 fully saturated rings. The summed E-state index contributed by atoms with van der Waals surface area (Å²) in [4.78, 5) is 29.1. The topological polar surface area (TPSA) is 94.5 Å². The molecule has 1 saturated heterocycles. The Morgan fingerprint density at radius 2 is 1.81 bits per heavy atom. The van der Waals surface area contributed by atoms with Crippen molar-refractivity contribution in [2.24, 2.45) is 0 Å². The summed E-state index contributed by atoms with van der Waals surface area (Å²) >= 11 is 1.34. The standard InChI is InChI=1S/C18H18N6O2S/c25-15-5-2-1-4-14(15)23-8-10-24(11-9-23)16(26)13-12-27-18(21-13)22-17-19-6-3-7-20-17/h1-7,12,25H,8-11H2,(H,19,20,21,22). The molecule has 2 N–H and O–H groups in total. The number of carbonyl (C=O) groups excluding carboxylic acids is 1. The van der Waals surface area contributed by atoms with Gasteiger partial charge in [-0.15, -0.1) is 11.3 Å². The van der Waals surface area contributed by atoms with Gasteiger partial charge < -0.3 is 20.2 Å². The summed E-state index contributed by atoms with van der Waals surface area (Å²) < 4.78 is 0. The molecule has 0 unspecified atom stereocenters. The van der Waals surface area contributed by atoms with Crippen LogP contribution in [0.4, 0.5) is 16.8 Å². The Bertz CT molecular complexity index is 924. The van der Waals surface area contributed by atoms with Crippen molar-refractivity contribution in [3.63, 3.8) is 0 Å². The molecule has 0 spiro atoms. The van der Waals surface area contributed by atoms with Gasteiger partial charge in [-0.05, 0) is 18.2 Å². The second-order valence-electron chi connectivity index (χ2n) is 6.00. The molecule has 1 aliphatic rings. The fourth-order valence-corrected chi connectivity index (χ4v) is 3.61. The lowest BCUT2D eigenvalue weighted by atomic mass is 10.2. The van der Waals surface area contributed by atoms with Crippen LogP contribution in [0.15, 0.2) is 48.1 Å². The minimum Gasteiger partial charge on any atom is -0.506 e. The number of thiazole rings is 1. The van der Waals surface area contributed by atoms with Gasteiger partial charge in [0.1, 0.15) is 11.4 Å². The predicted octanol–water partition coefficient (Wildman–Crippen LogP) is 2.34. The van der Waals surface area contributed by atoms with Gasteiger partial charge in [-0.1, -0.05) is 12.1 Å². The van der Waals surface area contributed by atoms with Gasteiger partial charge in [0.2, 0.25) is 5.95 Å². The molecule has 9 heteroatoms. The number of piperazine rings is 1. The van der Waals surface area contributed by atoms with Crippen LogP contribution in [-0.2, 0) is 0 Å². The molecule has 0 aliphatic carbocycles. The highest BCUT2D eigenvalue weighted by Crippen LogP contribution is 2.27. The molecule has 4 rings (SSSR count). The Hall–Kier alpha value is -3.20. The maximum Gasteiger partial charge on any atom is 0.273 e. The van der Waals surface area contributed by atoms with Crippen molar-refractivity contribution in [2.75, 3.05) is 36.4 Å². The molecule has 3 aromatic rings. The third kappa shape index (κ3) is 3.82. The average Bonchev–Trinajstić information content (AvgIpc) is 3.17. The number of hydrogen-bond donors (Lipinski definition) is 2. The van der Waals surface area contributed by atoms with Crippen molar-refractivity contribution in [1.82, 2.24) is 19.9 Å². The predicted molar refractivity (Wildman–Crippen MR) is 104 cm³/mol. The number of para-hydroxylation sites is 2. The van der Waals surface area contributed by atoms with Gasteiger partial charge in [0.25, 0.3) is 5.91 Å². The summed E-state index contributed by atoms with van der Waals surface area (Å²) in [6.45, 7) is 2.48. The maximum absolute atomic E-state index is 12.7. The van der Waals surface area contributed by atoms with Crippen molar-refractivity contribution in [1.29, 1.82) is 0 Å². The van der Waals surface area contributed by atoms with Crippen LogP contribution >= 0.6 is 11.3 Å². The molecule has 1 aromatic carbocycles. The molecule has 138 valence electrons. The Morgan fingerprint density at radius 3 is 2.56 bits per heavy atom. The van der Waals surface area contributed by atoms with E-state index >= 15 is 0 Å². The van der Waals surface area contributed by atoms with Crippen molar-refractivity contribution in [3.05, 3.63) is 53.8 Å². The summed E-state index contributed by atoms with van der Waals surface area (Å²) in [5, 5.41) is 15.3. The first kappa shape index (κ1) is 17.2. The number of phenols is 1. The summed E-state index contributed by atoms with van der Waals surface area (Å²) in [5.74, 6) is 0.614. The molecular weight excluding hydrogens is 364 g/mol. The van der Waals surface area contributed by atoms with Crippen LogP contribution in [-0.4, -0.2) is 57.0 Å². The summed E-state index contributed by atoms with van der Waals surface area (Å²) in [5.41, 5.74) is 1.21. The lowest BCUT2D eigenvalue weighted by molar-refractivity contribution is 0.0741. The molecule has 0 atom stereocenters. The summed E-state index contributed by atoms with van der Waals surface area (Å²) in [6, 6.07) is 8.99. The molecule has 8 nitrogen and oxygen atoms in total. The number of aromatic hydroxyl groups is 1. The first-order valence-corrected chi connectivity index (χ1v) is 9.40. The zero-order chi connectivity index (χ0) is 18.6. The molecule has 27 heavy (non-hydrogen) atoms. The van der Waals surface area contributed by atoms with Gasteiger partial charge in [0.15, 0.2) is 5.13 Å². The third-order valence-corrected chi connectivity index (χ3v) is 5.05. The van der Waals surface area contributed by atoms with E-state index in [-0.39, 0.29) is 11.7 Å². The molecule has 0 saturated carbocycles. The molecule has 0 radical (unpaired) electrons. The second kappa shape index (κ2) is 7.58. The fourth-order valence-electron chi connectivity index (χ4n) is 2.93. The van der Waals surface area contributed by atoms with E-state index in [9.17, 15) is 9.90 Å². The number of aromatic nitrogens is 3. The molecule has 2 aromatic heterocycles. The van der Waals surface area contributed by atoms with E-state index < -0.39 is 0 Å². The van der Waals surface area contributed by atoms with Gasteiger partial charge in [-0.3, -0.25) is 4.79 Å². The highest BCUT2D eigenvalue weighted by molar-refractivity contribution is 7.14. The van der Waals surface area contributed by atoms with Crippen LogP contribution in [0.2, 0.25) is 0 Å². The monoisotopic (exact) mass is 382 g/mol. The Morgan fingerprint density at radius 1 is 1.07 bits per heavy atom. The maximum atomic E-state index is 12.7. The molecular formula is C18H18N6O2S. The van der Waals surface area contributed by atoms with Gasteiger partial charge in [-0.25, -0.2) is 15.0 Å². The number of rotatable bonds is 4. The van der Waals surface area contributed by atoms with E-state index in [1.54, 1.807) is 40.9 Å². The molecule has 1 aliphatic heterocycles. The number of nitrogens with one attached hydrogen (secondary N) is 1. The Balaban J connectivity index is 1.38. The second-order valence-corrected chi connectivity index (χ2v) is 6.86. The van der Waals surface area contributed by atoms with Crippen LogP contribution in [0.1, 0.15) is 10.5 Å². The highest BCUT2D eigenvalue weighted by Gasteiger charge is 2.25. The highest BCUT2D eigenvalue weighted by atomic mass is 32.1. The first-order chi connectivity index (χ1) is 13.2. The lowest BCUT2D eigenvalue weighted by Crippen LogP contribution is -2.48. The van der Waals surface area contributed by atoms with Crippen LogP contribution in [0, 0.1) is 0 Å². The number of carbonyl (C=O) groups is 1. The quantitative estimate of drug-likeness (QED) is 0.715. The van der Waals surface area contributed by atoms with Gasteiger partial charge in [0, 0.05) is 44.0 Å². The van der Waals surface area contributed by atoms with Gasteiger partial charge in [0.05, 0.1) is 5.69 Å². The van der Waals surface area contributed by atoms with Crippen molar-refractivity contribution >= 4 is 34.0 Å². The zero-order valence-electron chi connectivity index (χ0n) is 14.4. The van der Waals surface area contributed by atoms with Crippen LogP contribution < -0.4 is 10.2 Å². The summed E-state index contributed by atoms with van der Waals surface area (Å²) in [6.07, 6.45) is 3.28. The first-order valence-electron chi connectivity index (χ1n) is 8.52. The van der Waals surface area contributed by atoms with Crippen molar-refractivity contribution < 1.29 is 9.90 Å². The molecule has 3 heterocycles. The Kier molecular flexibility index (Phi) is 4.84. The normalized spacial score (nSPS) is 14.2. The number of amides is 1. The van der Waals surface area contributed by atoms with E-state index in [1.807, 2.05) is 12.1 Å². The number of anilines is 3. The van der Waals surface area contributed by atoms with E-state index in [0.29, 0.717) is 43.0 Å². The number of hydrogen-bond acceptors (Lipinski definition) is 8. The SMILES string of the molecule is O=C(c1csc(Nc2ncccn2)n1)N1CCN(c2ccccc2O)CC1. The third-order valence-electron chi connectivity index (χ3n) is 4.30. The largest absolute Gasteiger partial charge is 0.506 e. The van der Waals surface area contributed by atoms with Crippen molar-refractivity contribution in [3.8, 4) is 5.75 Å². The smallest absolute Gasteiger partial charge is 0.273 e. The minimum absolute atomic E-state index is 0.0924. The number of phenolic OH excluding ortho intramolecular Hbond substituents is 1. The van der Waals surface area contributed by atoms with E-state index in [2.05, 4.69) is 25.2 Å². The molecule has 0 bridgehead atoms. The molecule has 1 amide bonds.